The lowest BCUT2D eigenvalue weighted by atomic mass is 10.1. The predicted octanol–water partition coefficient (Wildman–Crippen LogP) is 3.67. The molecule has 1 unspecified atom stereocenters. The zero-order valence-electron chi connectivity index (χ0n) is 15.5. The normalized spacial score (nSPS) is 15.9. The van der Waals surface area contributed by atoms with Crippen LogP contribution in [0.25, 0.3) is 0 Å². The van der Waals surface area contributed by atoms with E-state index in [4.69, 9.17) is 9.47 Å². The van der Waals surface area contributed by atoms with E-state index in [1.165, 1.54) is 17.7 Å². The summed E-state index contributed by atoms with van der Waals surface area (Å²) in [4.78, 5) is 25.4. The zero-order chi connectivity index (χ0) is 19.4. The number of anilines is 1. The lowest BCUT2D eigenvalue weighted by Crippen LogP contribution is -2.45. The first-order chi connectivity index (χ1) is 13.0. The number of amides is 1. The minimum absolute atomic E-state index is 0.132. The maximum atomic E-state index is 12.5. The second-order valence-electron chi connectivity index (χ2n) is 6.61. The molecule has 1 heterocycles. The van der Waals surface area contributed by atoms with Crippen LogP contribution in [0, 0.1) is 6.92 Å². The average molecular weight is 369 g/mol. The second kappa shape index (κ2) is 8.12. The molecule has 1 aliphatic rings. The van der Waals surface area contributed by atoms with Crippen LogP contribution >= 0.6 is 0 Å². The molecular weight excluding hydrogens is 346 g/mol. The summed E-state index contributed by atoms with van der Waals surface area (Å²) < 4.78 is 11.3. The molecule has 2 aromatic rings. The molecule has 0 aliphatic carbocycles. The molecule has 3 rings (SSSR count). The fourth-order valence-electron chi connectivity index (χ4n) is 2.97. The average Bonchev–Trinajstić information content (AvgIpc) is 2.65. The smallest absolute Gasteiger partial charge is 0.335 e. The lowest BCUT2D eigenvalue weighted by Gasteiger charge is -2.33. The Morgan fingerprint density at radius 1 is 1.19 bits per heavy atom. The summed E-state index contributed by atoms with van der Waals surface area (Å²) in [5, 5.41) is 9.20. The summed E-state index contributed by atoms with van der Waals surface area (Å²) in [6.07, 6.45) is 0.930. The van der Waals surface area contributed by atoms with E-state index in [1.54, 1.807) is 17.9 Å². The van der Waals surface area contributed by atoms with Crippen LogP contribution in [-0.2, 0) is 4.79 Å². The molecule has 2 aromatic carbocycles. The molecule has 1 N–H and O–H groups in total. The second-order valence-corrected chi connectivity index (χ2v) is 6.61. The van der Waals surface area contributed by atoms with E-state index in [0.717, 1.165) is 18.6 Å². The van der Waals surface area contributed by atoms with Crippen molar-refractivity contribution in [3.63, 3.8) is 0 Å². The van der Waals surface area contributed by atoms with Gasteiger partial charge in [-0.2, -0.15) is 0 Å². The summed E-state index contributed by atoms with van der Waals surface area (Å²) >= 11 is 0. The molecule has 6 nitrogen and oxygen atoms in total. The van der Waals surface area contributed by atoms with Crippen LogP contribution in [0.2, 0.25) is 0 Å². The summed E-state index contributed by atoms with van der Waals surface area (Å²) in [5.74, 6) is 0.163. The van der Waals surface area contributed by atoms with Gasteiger partial charge in [-0.15, -0.1) is 0 Å². The first kappa shape index (κ1) is 18.8. The number of carboxylic acid groups (broad SMARTS) is 1. The monoisotopic (exact) mass is 369 g/mol. The maximum absolute atomic E-state index is 12.5. The molecular formula is C21H23NO5. The van der Waals surface area contributed by atoms with Gasteiger partial charge in [0.2, 0.25) is 0 Å². The van der Waals surface area contributed by atoms with E-state index in [1.807, 2.05) is 31.2 Å². The Morgan fingerprint density at radius 2 is 1.93 bits per heavy atom. The van der Waals surface area contributed by atoms with E-state index >= 15 is 0 Å². The van der Waals surface area contributed by atoms with Crippen LogP contribution in [0.1, 0.15) is 35.7 Å². The number of aromatic carboxylic acids is 1. The largest absolute Gasteiger partial charge is 0.494 e. The van der Waals surface area contributed by atoms with Crippen molar-refractivity contribution >= 4 is 17.6 Å². The van der Waals surface area contributed by atoms with Crippen molar-refractivity contribution in [2.24, 2.45) is 0 Å². The topological polar surface area (TPSA) is 76.1 Å². The first-order valence-electron chi connectivity index (χ1n) is 9.00. The number of ether oxygens (including phenoxy) is 2. The predicted molar refractivity (Wildman–Crippen MR) is 102 cm³/mol. The quantitative estimate of drug-likeness (QED) is 0.754. The highest BCUT2D eigenvalue weighted by Gasteiger charge is 2.31. The Morgan fingerprint density at radius 3 is 2.63 bits per heavy atom. The number of aryl methyl sites for hydroxylation is 1. The Hall–Kier alpha value is -3.02. The Balaban J connectivity index is 1.60. The summed E-state index contributed by atoms with van der Waals surface area (Å²) in [6.45, 7) is 4.76. The molecule has 0 fully saturated rings. The minimum atomic E-state index is -1.03. The molecule has 0 saturated carbocycles. The van der Waals surface area contributed by atoms with Gasteiger partial charge in [0.05, 0.1) is 17.9 Å². The molecule has 1 aliphatic heterocycles. The number of hydrogen-bond donors (Lipinski definition) is 1. The van der Waals surface area contributed by atoms with Crippen LogP contribution < -0.4 is 14.4 Å². The van der Waals surface area contributed by atoms with Crippen molar-refractivity contribution in [2.45, 2.75) is 32.8 Å². The van der Waals surface area contributed by atoms with E-state index in [-0.39, 0.29) is 11.5 Å². The van der Waals surface area contributed by atoms with Gasteiger partial charge >= 0.3 is 5.97 Å². The summed E-state index contributed by atoms with van der Waals surface area (Å²) in [5.41, 5.74) is 1.83. The lowest BCUT2D eigenvalue weighted by molar-refractivity contribution is -0.125. The van der Waals surface area contributed by atoms with E-state index in [2.05, 4.69) is 0 Å². The van der Waals surface area contributed by atoms with Gasteiger partial charge in [0.15, 0.2) is 6.10 Å². The molecule has 0 aromatic heterocycles. The van der Waals surface area contributed by atoms with Gasteiger partial charge in [-0.05, 0) is 57.0 Å². The molecule has 6 heteroatoms. The molecule has 27 heavy (non-hydrogen) atoms. The van der Waals surface area contributed by atoms with Crippen LogP contribution in [-0.4, -0.2) is 36.2 Å². The highest BCUT2D eigenvalue weighted by atomic mass is 16.5. The molecule has 0 radical (unpaired) electrons. The van der Waals surface area contributed by atoms with Gasteiger partial charge in [0.25, 0.3) is 5.91 Å². The van der Waals surface area contributed by atoms with Gasteiger partial charge in [0, 0.05) is 6.54 Å². The molecule has 142 valence electrons. The van der Waals surface area contributed by atoms with Gasteiger partial charge in [-0.1, -0.05) is 17.7 Å². The third-order valence-electron chi connectivity index (χ3n) is 4.48. The first-order valence-corrected chi connectivity index (χ1v) is 9.00. The maximum Gasteiger partial charge on any atom is 0.335 e. The fourth-order valence-corrected chi connectivity index (χ4v) is 2.97. The highest BCUT2D eigenvalue weighted by Crippen LogP contribution is 2.35. The van der Waals surface area contributed by atoms with Crippen LogP contribution in [0.3, 0.4) is 0 Å². The van der Waals surface area contributed by atoms with E-state index in [0.29, 0.717) is 24.6 Å². The number of carbonyl (C=O) groups excluding carboxylic acids is 1. The number of unbranched alkanes of at least 4 members (excludes halogenated alkanes) is 1. The number of hydrogen-bond acceptors (Lipinski definition) is 4. The highest BCUT2D eigenvalue weighted by molar-refractivity contribution is 6.01. The van der Waals surface area contributed by atoms with Gasteiger partial charge in [-0.25, -0.2) is 4.79 Å². The van der Waals surface area contributed by atoms with Crippen molar-refractivity contribution < 1.29 is 24.2 Å². The van der Waals surface area contributed by atoms with Crippen molar-refractivity contribution in [3.8, 4) is 11.5 Å². The number of fused-ring (bicyclic) bond motifs is 1. The van der Waals surface area contributed by atoms with Crippen molar-refractivity contribution in [3.05, 3.63) is 53.6 Å². The van der Waals surface area contributed by atoms with Gasteiger partial charge in [-0.3, -0.25) is 4.79 Å². The van der Waals surface area contributed by atoms with Gasteiger partial charge < -0.3 is 19.5 Å². The molecule has 0 spiro atoms. The third kappa shape index (κ3) is 4.39. The fraction of sp³-hybridized carbons (Fsp3) is 0.333. The molecule has 1 atom stereocenters. The Kier molecular flexibility index (Phi) is 5.64. The number of nitrogens with zero attached hydrogens (tertiary/aromatic N) is 1. The SMILES string of the molecule is Cc1ccc(OCCCCN2C(=O)C(C)Oc3ccc(C(=O)O)cc32)cc1. The molecule has 0 bridgehead atoms. The number of rotatable bonds is 7. The van der Waals surface area contributed by atoms with E-state index in [9.17, 15) is 14.7 Å². The van der Waals surface area contributed by atoms with Crippen molar-refractivity contribution in [1.82, 2.24) is 0 Å². The minimum Gasteiger partial charge on any atom is -0.494 e. The third-order valence-corrected chi connectivity index (χ3v) is 4.48. The Bertz CT molecular complexity index is 831. The van der Waals surface area contributed by atoms with Crippen molar-refractivity contribution in [2.75, 3.05) is 18.1 Å². The molecule has 0 saturated heterocycles. The molecule has 1 amide bonds. The summed E-state index contributed by atoms with van der Waals surface area (Å²) in [6, 6.07) is 12.5. The Labute approximate surface area is 158 Å². The number of carboxylic acids is 1. The van der Waals surface area contributed by atoms with Crippen LogP contribution in [0.5, 0.6) is 11.5 Å². The summed E-state index contributed by atoms with van der Waals surface area (Å²) in [7, 11) is 0. The number of carbonyl (C=O) groups is 2. The zero-order valence-corrected chi connectivity index (χ0v) is 15.5. The van der Waals surface area contributed by atoms with E-state index < -0.39 is 12.1 Å². The van der Waals surface area contributed by atoms with Crippen LogP contribution in [0.4, 0.5) is 5.69 Å². The van der Waals surface area contributed by atoms with Crippen molar-refractivity contribution in [1.29, 1.82) is 0 Å². The standard InChI is InChI=1S/C21H23NO5/c1-14-5-8-17(9-6-14)26-12-4-3-11-22-18-13-16(21(24)25)7-10-19(18)27-15(2)20(22)23/h5-10,13,15H,3-4,11-12H2,1-2H3,(H,24,25). The van der Waals surface area contributed by atoms with Gasteiger partial charge in [0.1, 0.15) is 11.5 Å². The number of benzene rings is 2. The van der Waals surface area contributed by atoms with Crippen LogP contribution in [0.15, 0.2) is 42.5 Å².